The van der Waals surface area contributed by atoms with Crippen LogP contribution in [0.25, 0.3) is 11.1 Å². The molecule has 0 spiro atoms. The van der Waals surface area contributed by atoms with Gasteiger partial charge in [-0.25, -0.2) is 9.97 Å². The molecule has 0 aliphatic carbocycles. The minimum Gasteiger partial charge on any atom is -0.480 e. The second kappa shape index (κ2) is 11.5. The van der Waals surface area contributed by atoms with Crippen LogP contribution in [0.15, 0.2) is 42.7 Å². The van der Waals surface area contributed by atoms with Crippen LogP contribution < -0.4 is 20.3 Å². The molecule has 0 saturated carbocycles. The van der Waals surface area contributed by atoms with Crippen LogP contribution in [0.3, 0.4) is 0 Å². The summed E-state index contributed by atoms with van der Waals surface area (Å²) in [6.07, 6.45) is 5.09. The van der Waals surface area contributed by atoms with Gasteiger partial charge in [0.15, 0.2) is 18.2 Å². The summed E-state index contributed by atoms with van der Waals surface area (Å²) in [5.74, 6) is 1.73. The topological polar surface area (TPSA) is 129 Å². The van der Waals surface area contributed by atoms with Crippen LogP contribution in [0.5, 0.6) is 5.75 Å². The maximum atomic E-state index is 12.4. The highest BCUT2D eigenvalue weighted by Crippen LogP contribution is 2.39. The maximum absolute atomic E-state index is 12.4. The Morgan fingerprint density at radius 3 is 2.60 bits per heavy atom. The molecular formula is C31H38N8O3. The molecule has 1 amide bonds. The van der Waals surface area contributed by atoms with E-state index in [4.69, 9.17) is 14.5 Å². The Morgan fingerprint density at radius 2 is 1.88 bits per heavy atom. The largest absolute Gasteiger partial charge is 0.480 e. The van der Waals surface area contributed by atoms with Crippen LogP contribution >= 0.6 is 0 Å². The number of likely N-dealkylation sites (tertiary alicyclic amines) is 1. The number of anilines is 4. The van der Waals surface area contributed by atoms with E-state index in [0.717, 1.165) is 29.7 Å². The fourth-order valence-corrected chi connectivity index (χ4v) is 5.91. The van der Waals surface area contributed by atoms with Gasteiger partial charge in [-0.1, -0.05) is 18.2 Å². The van der Waals surface area contributed by atoms with Gasteiger partial charge < -0.3 is 20.1 Å². The number of carbonyl (C=O) groups is 1. The third-order valence-corrected chi connectivity index (χ3v) is 8.30. The Bertz CT molecular complexity index is 1500. The van der Waals surface area contributed by atoms with E-state index in [1.165, 1.54) is 0 Å². The van der Waals surface area contributed by atoms with Gasteiger partial charge in [0.2, 0.25) is 5.95 Å². The standard InChI is InChI=1S/C31H38N8O3/c1-30(2)14-22(15-31(3,4)38(30)5)35-27-21(16-32)18-34-29(37-27)36-24-10-8-7-9-23(24)20-13-25-28(33-17-20)39(11-12-41-6)26(40)19-42-25/h7-10,13,17-18,22H,11-12,14-15,19H2,1-6H3,(H2,34,35,36,37). The molecule has 5 rings (SSSR count). The predicted molar refractivity (Wildman–Crippen MR) is 162 cm³/mol. The number of hydrogen-bond donors (Lipinski definition) is 2. The van der Waals surface area contributed by atoms with Gasteiger partial charge in [-0.15, -0.1) is 0 Å². The minimum absolute atomic E-state index is 0.0139. The number of carbonyl (C=O) groups excluding carboxylic acids is 1. The molecule has 0 radical (unpaired) electrons. The lowest BCUT2D eigenvalue weighted by Crippen LogP contribution is -2.61. The number of hydrogen-bond acceptors (Lipinski definition) is 10. The average Bonchev–Trinajstić information content (AvgIpc) is 2.95. The summed E-state index contributed by atoms with van der Waals surface area (Å²) in [4.78, 5) is 30.1. The number of benzene rings is 1. The Kier molecular flexibility index (Phi) is 8.03. The van der Waals surface area contributed by atoms with Crippen molar-refractivity contribution in [2.45, 2.75) is 57.7 Å². The molecule has 2 aliphatic heterocycles. The maximum Gasteiger partial charge on any atom is 0.266 e. The first kappa shape index (κ1) is 29.2. The molecule has 1 fully saturated rings. The summed E-state index contributed by atoms with van der Waals surface area (Å²) in [7, 11) is 3.77. The fourth-order valence-electron chi connectivity index (χ4n) is 5.91. The lowest BCUT2D eigenvalue weighted by molar-refractivity contribution is -0.121. The third kappa shape index (κ3) is 5.86. The third-order valence-electron chi connectivity index (χ3n) is 8.30. The summed E-state index contributed by atoms with van der Waals surface area (Å²) in [6, 6.07) is 12.0. The van der Waals surface area contributed by atoms with Crippen molar-refractivity contribution < 1.29 is 14.3 Å². The smallest absolute Gasteiger partial charge is 0.266 e. The molecule has 1 saturated heterocycles. The van der Waals surface area contributed by atoms with E-state index in [0.29, 0.717) is 42.0 Å². The quantitative estimate of drug-likeness (QED) is 0.397. The van der Waals surface area contributed by atoms with Crippen molar-refractivity contribution in [3.63, 3.8) is 0 Å². The highest BCUT2D eigenvalue weighted by atomic mass is 16.5. The monoisotopic (exact) mass is 570 g/mol. The Morgan fingerprint density at radius 1 is 1.14 bits per heavy atom. The Hall–Kier alpha value is -4.27. The molecule has 220 valence electrons. The minimum atomic E-state index is -0.156. The number of fused-ring (bicyclic) bond motifs is 1. The highest BCUT2D eigenvalue weighted by molar-refractivity contribution is 5.97. The number of nitriles is 1. The van der Waals surface area contributed by atoms with Crippen molar-refractivity contribution in [2.75, 3.05) is 49.4 Å². The molecule has 11 nitrogen and oxygen atoms in total. The predicted octanol–water partition coefficient (Wildman–Crippen LogP) is 4.59. The van der Waals surface area contributed by atoms with Gasteiger partial charge in [0.25, 0.3) is 5.91 Å². The highest BCUT2D eigenvalue weighted by Gasteiger charge is 2.43. The molecule has 0 bridgehead atoms. The number of ether oxygens (including phenoxy) is 2. The second-order valence-electron chi connectivity index (χ2n) is 12.0. The van der Waals surface area contributed by atoms with Gasteiger partial charge in [-0.05, 0) is 59.7 Å². The van der Waals surface area contributed by atoms with Crippen LogP contribution in [0.2, 0.25) is 0 Å². The van der Waals surface area contributed by atoms with Gasteiger partial charge in [0.1, 0.15) is 17.5 Å². The van der Waals surface area contributed by atoms with Gasteiger partial charge in [0.05, 0.1) is 19.3 Å². The molecule has 4 heterocycles. The Balaban J connectivity index is 1.41. The molecule has 0 atom stereocenters. The van der Waals surface area contributed by atoms with E-state index in [1.54, 1.807) is 24.4 Å². The van der Waals surface area contributed by atoms with Crippen LogP contribution in [-0.2, 0) is 9.53 Å². The number of amides is 1. The van der Waals surface area contributed by atoms with Crippen molar-refractivity contribution in [3.8, 4) is 22.9 Å². The zero-order valence-electron chi connectivity index (χ0n) is 25.1. The number of methoxy groups -OCH3 is 1. The molecule has 11 heteroatoms. The van der Waals surface area contributed by atoms with Gasteiger partial charge in [0, 0.05) is 47.2 Å². The van der Waals surface area contributed by atoms with Crippen molar-refractivity contribution in [2.24, 2.45) is 0 Å². The van der Waals surface area contributed by atoms with E-state index in [1.807, 2.05) is 30.3 Å². The van der Waals surface area contributed by atoms with E-state index < -0.39 is 0 Å². The lowest BCUT2D eigenvalue weighted by atomic mass is 9.77. The van der Waals surface area contributed by atoms with E-state index >= 15 is 0 Å². The van der Waals surface area contributed by atoms with Crippen molar-refractivity contribution in [1.82, 2.24) is 19.9 Å². The molecule has 3 aromatic rings. The van der Waals surface area contributed by atoms with Crippen LogP contribution in [-0.4, -0.2) is 76.8 Å². The number of piperidine rings is 1. The number of nitrogens with zero attached hydrogens (tertiary/aromatic N) is 6. The van der Waals surface area contributed by atoms with Crippen LogP contribution in [0.4, 0.5) is 23.3 Å². The van der Waals surface area contributed by atoms with Crippen molar-refractivity contribution >= 4 is 29.2 Å². The normalized spacial score (nSPS) is 18.1. The van der Waals surface area contributed by atoms with E-state index in [-0.39, 0.29) is 29.6 Å². The zero-order chi connectivity index (χ0) is 30.1. The number of pyridine rings is 1. The molecule has 0 unspecified atom stereocenters. The molecule has 2 aliphatic rings. The number of para-hydroxylation sites is 1. The van der Waals surface area contributed by atoms with Crippen LogP contribution in [0.1, 0.15) is 46.1 Å². The number of rotatable bonds is 8. The number of aromatic nitrogens is 3. The molecular weight excluding hydrogens is 532 g/mol. The van der Waals surface area contributed by atoms with Crippen molar-refractivity contribution in [3.05, 3.63) is 48.3 Å². The molecule has 42 heavy (non-hydrogen) atoms. The summed E-state index contributed by atoms with van der Waals surface area (Å²) in [5, 5.41) is 16.7. The second-order valence-corrected chi connectivity index (χ2v) is 12.0. The summed E-state index contributed by atoms with van der Waals surface area (Å²) in [5.41, 5.74) is 2.80. The molecule has 2 N–H and O–H groups in total. The molecule has 1 aromatic carbocycles. The first-order valence-corrected chi connectivity index (χ1v) is 14.1. The SMILES string of the molecule is COCCN1C(=O)COc2cc(-c3ccccc3Nc3ncc(C#N)c(NC4CC(C)(C)N(C)C(C)(C)C4)n3)cnc21. The summed E-state index contributed by atoms with van der Waals surface area (Å²) in [6.45, 7) is 9.72. The van der Waals surface area contributed by atoms with Gasteiger partial charge >= 0.3 is 0 Å². The number of nitrogens with one attached hydrogen (secondary N) is 2. The van der Waals surface area contributed by atoms with E-state index in [2.05, 4.69) is 66.3 Å². The lowest BCUT2D eigenvalue weighted by Gasteiger charge is -2.53. The summed E-state index contributed by atoms with van der Waals surface area (Å²) >= 11 is 0. The zero-order valence-corrected chi connectivity index (χ0v) is 25.1. The van der Waals surface area contributed by atoms with E-state index in [9.17, 15) is 10.1 Å². The average molecular weight is 571 g/mol. The first-order valence-electron chi connectivity index (χ1n) is 14.1. The van der Waals surface area contributed by atoms with Gasteiger partial charge in [-0.2, -0.15) is 10.2 Å². The Labute approximate surface area is 246 Å². The van der Waals surface area contributed by atoms with Crippen molar-refractivity contribution in [1.29, 1.82) is 5.26 Å². The van der Waals surface area contributed by atoms with Crippen LogP contribution in [0, 0.1) is 11.3 Å². The summed E-state index contributed by atoms with van der Waals surface area (Å²) < 4.78 is 10.9. The first-order chi connectivity index (χ1) is 20.0. The fraction of sp³-hybridized carbons (Fsp3) is 0.452. The van der Waals surface area contributed by atoms with Gasteiger partial charge in [-0.3, -0.25) is 14.6 Å². The molecule has 2 aromatic heterocycles.